The zero-order valence-corrected chi connectivity index (χ0v) is 13.3. The van der Waals surface area contributed by atoms with Crippen molar-refractivity contribution in [3.63, 3.8) is 0 Å². The zero-order valence-electron chi connectivity index (χ0n) is 13.3. The summed E-state index contributed by atoms with van der Waals surface area (Å²) in [5.41, 5.74) is 0.952. The number of aromatic nitrogens is 2. The predicted octanol–water partition coefficient (Wildman–Crippen LogP) is 2.83. The van der Waals surface area contributed by atoms with Gasteiger partial charge in [0.05, 0.1) is 12.2 Å². The summed E-state index contributed by atoms with van der Waals surface area (Å²) in [5, 5.41) is 3.25. The van der Waals surface area contributed by atoms with Gasteiger partial charge in [0.25, 0.3) is 0 Å². The largest absolute Gasteiger partial charge is 0.475 e. The molecule has 0 atom stereocenters. The number of aryl methyl sites for hydroxylation is 1. The zero-order chi connectivity index (χ0) is 15.0. The first-order valence-corrected chi connectivity index (χ1v) is 7.40. The van der Waals surface area contributed by atoms with Gasteiger partial charge in [-0.25, -0.2) is 4.98 Å². The lowest BCUT2D eigenvalue weighted by Crippen LogP contribution is -2.13. The Morgan fingerprint density at radius 1 is 1.15 bits per heavy atom. The Bertz CT molecular complexity index is 408. The van der Waals surface area contributed by atoms with E-state index in [1.807, 2.05) is 20.8 Å². The van der Waals surface area contributed by atoms with E-state index in [1.165, 1.54) is 0 Å². The number of nitrogens with one attached hydrogen (secondary N) is 1. The van der Waals surface area contributed by atoms with Crippen molar-refractivity contribution in [3.8, 4) is 5.88 Å². The summed E-state index contributed by atoms with van der Waals surface area (Å²) in [6.07, 6.45) is 0.791. The minimum absolute atomic E-state index is 0.513. The van der Waals surface area contributed by atoms with Crippen molar-refractivity contribution >= 4 is 5.82 Å². The second-order valence-electron chi connectivity index (χ2n) is 5.12. The Kier molecular flexibility index (Phi) is 7.30. The Morgan fingerprint density at radius 2 is 1.90 bits per heavy atom. The Labute approximate surface area is 122 Å². The van der Waals surface area contributed by atoms with E-state index in [9.17, 15) is 0 Å². The van der Waals surface area contributed by atoms with E-state index in [1.54, 1.807) is 0 Å². The molecule has 0 spiro atoms. The third kappa shape index (κ3) is 5.33. The third-order valence-electron chi connectivity index (χ3n) is 2.73. The number of hydrogen-bond acceptors (Lipinski definition) is 5. The summed E-state index contributed by atoms with van der Waals surface area (Å²) in [5.74, 6) is 2.85. The monoisotopic (exact) mass is 281 g/mol. The quantitative estimate of drug-likeness (QED) is 0.705. The minimum Gasteiger partial charge on any atom is -0.475 e. The second kappa shape index (κ2) is 8.74. The molecule has 1 aromatic rings. The van der Waals surface area contributed by atoms with Crippen molar-refractivity contribution in [2.45, 2.75) is 41.0 Å². The second-order valence-corrected chi connectivity index (χ2v) is 5.12. The normalized spacial score (nSPS) is 10.9. The SMILES string of the molecule is CCNc1nc(CC)nc(OCCOCC(C)C)c1C. The van der Waals surface area contributed by atoms with Gasteiger partial charge >= 0.3 is 0 Å². The van der Waals surface area contributed by atoms with Crippen molar-refractivity contribution < 1.29 is 9.47 Å². The van der Waals surface area contributed by atoms with E-state index >= 15 is 0 Å². The van der Waals surface area contributed by atoms with Gasteiger partial charge in [-0.3, -0.25) is 0 Å². The molecule has 0 aliphatic rings. The molecule has 0 aliphatic carbocycles. The topological polar surface area (TPSA) is 56.3 Å². The van der Waals surface area contributed by atoms with E-state index in [0.717, 1.165) is 36.8 Å². The molecule has 0 radical (unpaired) electrons. The molecular weight excluding hydrogens is 254 g/mol. The van der Waals surface area contributed by atoms with Crippen LogP contribution in [0.1, 0.15) is 39.1 Å². The fourth-order valence-corrected chi connectivity index (χ4v) is 1.69. The van der Waals surface area contributed by atoms with Gasteiger partial charge in [-0.15, -0.1) is 0 Å². The Morgan fingerprint density at radius 3 is 2.50 bits per heavy atom. The number of anilines is 1. The average molecular weight is 281 g/mol. The standard InChI is InChI=1S/C15H27N3O2/c1-6-13-17-14(16-7-2)12(5)15(18-13)20-9-8-19-10-11(3)4/h11H,6-10H2,1-5H3,(H,16,17,18). The molecule has 0 fully saturated rings. The van der Waals surface area contributed by atoms with E-state index in [4.69, 9.17) is 9.47 Å². The number of ether oxygens (including phenoxy) is 2. The maximum Gasteiger partial charge on any atom is 0.221 e. The van der Waals surface area contributed by atoms with Crippen LogP contribution in [0, 0.1) is 12.8 Å². The lowest BCUT2D eigenvalue weighted by atomic mass is 10.2. The van der Waals surface area contributed by atoms with E-state index < -0.39 is 0 Å². The van der Waals surface area contributed by atoms with Gasteiger partial charge in [0.1, 0.15) is 18.2 Å². The molecule has 114 valence electrons. The molecule has 0 saturated heterocycles. The molecule has 5 heteroatoms. The first-order valence-electron chi connectivity index (χ1n) is 7.40. The molecule has 0 unspecified atom stereocenters. The van der Waals surface area contributed by atoms with E-state index in [-0.39, 0.29) is 0 Å². The Hall–Kier alpha value is -1.36. The van der Waals surface area contributed by atoms with Gasteiger partial charge < -0.3 is 14.8 Å². The molecular formula is C15H27N3O2. The highest BCUT2D eigenvalue weighted by Crippen LogP contribution is 2.22. The molecule has 0 amide bonds. The first-order chi connectivity index (χ1) is 9.58. The van der Waals surface area contributed by atoms with Crippen molar-refractivity contribution in [3.05, 3.63) is 11.4 Å². The molecule has 20 heavy (non-hydrogen) atoms. The summed E-state index contributed by atoms with van der Waals surface area (Å²) >= 11 is 0. The smallest absolute Gasteiger partial charge is 0.221 e. The number of rotatable bonds is 9. The molecule has 0 bridgehead atoms. The van der Waals surface area contributed by atoms with Crippen LogP contribution in [0.2, 0.25) is 0 Å². The summed E-state index contributed by atoms with van der Waals surface area (Å²) in [4.78, 5) is 8.91. The predicted molar refractivity (Wildman–Crippen MR) is 81.5 cm³/mol. The Balaban J connectivity index is 2.61. The molecule has 0 aliphatic heterocycles. The summed E-state index contributed by atoms with van der Waals surface area (Å²) in [6, 6.07) is 0. The highest BCUT2D eigenvalue weighted by Gasteiger charge is 2.10. The fraction of sp³-hybridized carbons (Fsp3) is 0.733. The van der Waals surface area contributed by atoms with Gasteiger partial charge in [0.15, 0.2) is 0 Å². The minimum atomic E-state index is 0.513. The number of hydrogen-bond donors (Lipinski definition) is 1. The maximum absolute atomic E-state index is 5.73. The van der Waals surface area contributed by atoms with Crippen LogP contribution in [0.3, 0.4) is 0 Å². The van der Waals surface area contributed by atoms with Crippen LogP contribution in [-0.2, 0) is 11.2 Å². The van der Waals surface area contributed by atoms with Crippen molar-refractivity contribution in [2.75, 3.05) is 31.7 Å². The molecule has 5 nitrogen and oxygen atoms in total. The first kappa shape index (κ1) is 16.7. The van der Waals surface area contributed by atoms with Crippen molar-refractivity contribution in [2.24, 2.45) is 5.92 Å². The molecule has 0 aromatic carbocycles. The van der Waals surface area contributed by atoms with Crippen LogP contribution in [0.4, 0.5) is 5.82 Å². The molecule has 0 saturated carbocycles. The van der Waals surface area contributed by atoms with Crippen molar-refractivity contribution in [1.29, 1.82) is 0 Å². The van der Waals surface area contributed by atoms with Crippen LogP contribution in [0.5, 0.6) is 5.88 Å². The summed E-state index contributed by atoms with van der Waals surface area (Å²) < 4.78 is 11.2. The molecule has 1 aromatic heterocycles. The van der Waals surface area contributed by atoms with E-state index in [2.05, 4.69) is 29.1 Å². The van der Waals surface area contributed by atoms with Gasteiger partial charge in [0.2, 0.25) is 5.88 Å². The molecule has 1 rings (SSSR count). The van der Waals surface area contributed by atoms with Crippen molar-refractivity contribution in [1.82, 2.24) is 9.97 Å². The summed E-state index contributed by atoms with van der Waals surface area (Å²) in [7, 11) is 0. The molecule has 1 heterocycles. The highest BCUT2D eigenvalue weighted by molar-refractivity contribution is 5.48. The van der Waals surface area contributed by atoms with Crippen LogP contribution in [0.15, 0.2) is 0 Å². The van der Waals surface area contributed by atoms with Crippen LogP contribution < -0.4 is 10.1 Å². The summed E-state index contributed by atoms with van der Waals surface area (Å²) in [6.45, 7) is 13.0. The highest BCUT2D eigenvalue weighted by atomic mass is 16.5. The van der Waals surface area contributed by atoms with Gasteiger partial charge in [-0.1, -0.05) is 20.8 Å². The van der Waals surface area contributed by atoms with E-state index in [0.29, 0.717) is 25.0 Å². The third-order valence-corrected chi connectivity index (χ3v) is 2.73. The van der Waals surface area contributed by atoms with Gasteiger partial charge in [0, 0.05) is 19.6 Å². The van der Waals surface area contributed by atoms with Crippen LogP contribution >= 0.6 is 0 Å². The lowest BCUT2D eigenvalue weighted by molar-refractivity contribution is 0.0803. The fourth-order valence-electron chi connectivity index (χ4n) is 1.69. The average Bonchev–Trinajstić information content (AvgIpc) is 2.42. The molecule has 1 N–H and O–H groups in total. The van der Waals surface area contributed by atoms with Gasteiger partial charge in [-0.05, 0) is 19.8 Å². The van der Waals surface area contributed by atoms with Crippen LogP contribution in [0.25, 0.3) is 0 Å². The number of nitrogens with zero attached hydrogens (tertiary/aromatic N) is 2. The van der Waals surface area contributed by atoms with Gasteiger partial charge in [-0.2, -0.15) is 4.98 Å². The maximum atomic E-state index is 5.73. The lowest BCUT2D eigenvalue weighted by Gasteiger charge is -2.14. The van der Waals surface area contributed by atoms with Crippen LogP contribution in [-0.4, -0.2) is 36.3 Å².